The summed E-state index contributed by atoms with van der Waals surface area (Å²) in [5.74, 6) is 0.898. The first kappa shape index (κ1) is 9.52. The number of nitrogens with one attached hydrogen (secondary N) is 1. The molecule has 1 aliphatic rings. The standard InChI is InChI=1S/C9H17NO2/c1-2-12-7-9(11)10-6-5-8-3-4-8/h8H,2-7H2,1H3,(H,10,11). The highest BCUT2D eigenvalue weighted by molar-refractivity contribution is 5.77. The van der Waals surface area contributed by atoms with Gasteiger partial charge in [0.1, 0.15) is 6.61 Å². The first-order valence-corrected chi connectivity index (χ1v) is 4.67. The van der Waals surface area contributed by atoms with Crippen LogP contribution in [-0.4, -0.2) is 25.7 Å². The Balaban J connectivity index is 1.86. The maximum absolute atomic E-state index is 11.0. The molecule has 0 atom stereocenters. The van der Waals surface area contributed by atoms with Gasteiger partial charge >= 0.3 is 0 Å². The molecule has 0 spiro atoms. The molecule has 0 heterocycles. The molecule has 0 unspecified atom stereocenters. The lowest BCUT2D eigenvalue weighted by Crippen LogP contribution is -2.28. The summed E-state index contributed by atoms with van der Waals surface area (Å²) < 4.78 is 4.96. The van der Waals surface area contributed by atoms with Crippen LogP contribution in [0.5, 0.6) is 0 Å². The van der Waals surface area contributed by atoms with Gasteiger partial charge in [0, 0.05) is 13.2 Å². The van der Waals surface area contributed by atoms with Gasteiger partial charge in [0.05, 0.1) is 0 Å². The third kappa shape index (κ3) is 4.34. The normalized spacial score (nSPS) is 16.1. The summed E-state index contributed by atoms with van der Waals surface area (Å²) in [6.07, 6.45) is 3.83. The maximum atomic E-state index is 11.0. The molecule has 0 aromatic carbocycles. The monoisotopic (exact) mass is 171 g/mol. The molecule has 3 nitrogen and oxygen atoms in total. The van der Waals surface area contributed by atoms with E-state index in [2.05, 4.69) is 5.32 Å². The molecule has 1 saturated carbocycles. The predicted molar refractivity (Wildman–Crippen MR) is 46.8 cm³/mol. The molecule has 1 rings (SSSR count). The van der Waals surface area contributed by atoms with Crippen molar-refractivity contribution in [3.63, 3.8) is 0 Å². The van der Waals surface area contributed by atoms with E-state index in [4.69, 9.17) is 4.74 Å². The zero-order chi connectivity index (χ0) is 8.81. The van der Waals surface area contributed by atoms with Crippen LogP contribution in [0, 0.1) is 5.92 Å². The van der Waals surface area contributed by atoms with Crippen LogP contribution < -0.4 is 5.32 Å². The molecule has 1 fully saturated rings. The van der Waals surface area contributed by atoms with E-state index in [0.717, 1.165) is 18.9 Å². The summed E-state index contributed by atoms with van der Waals surface area (Å²) in [6, 6.07) is 0. The van der Waals surface area contributed by atoms with Crippen molar-refractivity contribution in [2.24, 2.45) is 5.92 Å². The number of carbonyl (C=O) groups is 1. The predicted octanol–water partition coefficient (Wildman–Crippen LogP) is 0.939. The molecule has 1 aliphatic carbocycles. The molecule has 0 aromatic heterocycles. The first-order chi connectivity index (χ1) is 5.83. The smallest absolute Gasteiger partial charge is 0.245 e. The van der Waals surface area contributed by atoms with E-state index in [1.165, 1.54) is 12.8 Å². The Morgan fingerprint density at radius 1 is 1.58 bits per heavy atom. The van der Waals surface area contributed by atoms with Gasteiger partial charge < -0.3 is 10.1 Å². The highest BCUT2D eigenvalue weighted by Gasteiger charge is 2.20. The third-order valence-electron chi connectivity index (χ3n) is 2.01. The summed E-state index contributed by atoms with van der Waals surface area (Å²) in [4.78, 5) is 11.0. The maximum Gasteiger partial charge on any atom is 0.245 e. The van der Waals surface area contributed by atoms with E-state index in [-0.39, 0.29) is 12.5 Å². The second-order valence-corrected chi connectivity index (χ2v) is 3.22. The Morgan fingerprint density at radius 3 is 2.92 bits per heavy atom. The molecule has 70 valence electrons. The lowest BCUT2D eigenvalue weighted by molar-refractivity contribution is -0.125. The fourth-order valence-electron chi connectivity index (χ4n) is 1.07. The van der Waals surface area contributed by atoms with Crippen LogP contribution in [0.25, 0.3) is 0 Å². The molecule has 12 heavy (non-hydrogen) atoms. The minimum Gasteiger partial charge on any atom is -0.372 e. The fourth-order valence-corrected chi connectivity index (χ4v) is 1.07. The summed E-state index contributed by atoms with van der Waals surface area (Å²) in [5.41, 5.74) is 0. The Kier molecular flexibility index (Phi) is 4.08. The van der Waals surface area contributed by atoms with Crippen LogP contribution in [0.1, 0.15) is 26.2 Å². The van der Waals surface area contributed by atoms with E-state index in [1.807, 2.05) is 6.92 Å². The number of carbonyl (C=O) groups excluding carboxylic acids is 1. The van der Waals surface area contributed by atoms with Crippen molar-refractivity contribution in [2.45, 2.75) is 26.2 Å². The number of amides is 1. The van der Waals surface area contributed by atoms with Gasteiger partial charge in [-0.15, -0.1) is 0 Å². The minimum atomic E-state index is 0.0116. The Labute approximate surface area is 73.5 Å². The van der Waals surface area contributed by atoms with Gasteiger partial charge in [0.15, 0.2) is 0 Å². The first-order valence-electron chi connectivity index (χ1n) is 4.67. The molecular weight excluding hydrogens is 154 g/mol. The third-order valence-corrected chi connectivity index (χ3v) is 2.01. The van der Waals surface area contributed by atoms with Crippen molar-refractivity contribution < 1.29 is 9.53 Å². The van der Waals surface area contributed by atoms with Gasteiger partial charge in [-0.2, -0.15) is 0 Å². The van der Waals surface area contributed by atoms with Crippen molar-refractivity contribution in [1.29, 1.82) is 0 Å². The number of hydrogen-bond donors (Lipinski definition) is 1. The van der Waals surface area contributed by atoms with Crippen LogP contribution in [0.2, 0.25) is 0 Å². The van der Waals surface area contributed by atoms with Gasteiger partial charge in [0.2, 0.25) is 5.91 Å². The zero-order valence-corrected chi connectivity index (χ0v) is 7.64. The largest absolute Gasteiger partial charge is 0.372 e. The highest BCUT2D eigenvalue weighted by Crippen LogP contribution is 2.31. The van der Waals surface area contributed by atoms with Crippen LogP contribution >= 0.6 is 0 Å². The van der Waals surface area contributed by atoms with Crippen LogP contribution in [0.3, 0.4) is 0 Å². The number of ether oxygens (including phenoxy) is 1. The molecule has 0 aliphatic heterocycles. The van der Waals surface area contributed by atoms with E-state index < -0.39 is 0 Å². The number of rotatable bonds is 6. The van der Waals surface area contributed by atoms with Gasteiger partial charge in [0.25, 0.3) is 0 Å². The highest BCUT2D eigenvalue weighted by atomic mass is 16.5. The van der Waals surface area contributed by atoms with Crippen LogP contribution in [-0.2, 0) is 9.53 Å². The lowest BCUT2D eigenvalue weighted by atomic mass is 10.3. The van der Waals surface area contributed by atoms with Gasteiger partial charge in [-0.25, -0.2) is 0 Å². The molecule has 0 radical (unpaired) electrons. The lowest BCUT2D eigenvalue weighted by Gasteiger charge is -2.03. The van der Waals surface area contributed by atoms with Crippen LogP contribution in [0.4, 0.5) is 0 Å². The average molecular weight is 171 g/mol. The van der Waals surface area contributed by atoms with Crippen molar-refractivity contribution in [2.75, 3.05) is 19.8 Å². The van der Waals surface area contributed by atoms with Gasteiger partial charge in [-0.05, 0) is 19.3 Å². The van der Waals surface area contributed by atoms with Crippen LogP contribution in [0.15, 0.2) is 0 Å². The summed E-state index contributed by atoms with van der Waals surface area (Å²) in [6.45, 7) is 3.52. The summed E-state index contributed by atoms with van der Waals surface area (Å²) in [7, 11) is 0. The number of hydrogen-bond acceptors (Lipinski definition) is 2. The molecule has 0 bridgehead atoms. The van der Waals surface area contributed by atoms with E-state index in [9.17, 15) is 4.79 Å². The molecule has 0 saturated heterocycles. The Morgan fingerprint density at radius 2 is 2.33 bits per heavy atom. The second kappa shape index (κ2) is 5.14. The molecule has 0 aromatic rings. The van der Waals surface area contributed by atoms with Crippen molar-refractivity contribution in [1.82, 2.24) is 5.32 Å². The summed E-state index contributed by atoms with van der Waals surface area (Å²) in [5, 5.41) is 2.82. The Hall–Kier alpha value is -0.570. The topological polar surface area (TPSA) is 38.3 Å². The Bertz CT molecular complexity index is 143. The zero-order valence-electron chi connectivity index (χ0n) is 7.64. The van der Waals surface area contributed by atoms with Crippen molar-refractivity contribution >= 4 is 5.91 Å². The van der Waals surface area contributed by atoms with Crippen molar-refractivity contribution in [3.8, 4) is 0 Å². The quantitative estimate of drug-likeness (QED) is 0.646. The van der Waals surface area contributed by atoms with Crippen molar-refractivity contribution in [3.05, 3.63) is 0 Å². The van der Waals surface area contributed by atoms with Gasteiger partial charge in [-0.1, -0.05) is 12.8 Å². The van der Waals surface area contributed by atoms with E-state index >= 15 is 0 Å². The SMILES string of the molecule is CCOCC(=O)NCCC1CC1. The van der Waals surface area contributed by atoms with E-state index in [0.29, 0.717) is 6.61 Å². The van der Waals surface area contributed by atoms with Gasteiger partial charge in [-0.3, -0.25) is 4.79 Å². The second-order valence-electron chi connectivity index (χ2n) is 3.22. The molecule has 1 N–H and O–H groups in total. The van der Waals surface area contributed by atoms with E-state index in [1.54, 1.807) is 0 Å². The molecule has 3 heteroatoms. The molecule has 1 amide bonds. The minimum absolute atomic E-state index is 0.0116. The molecular formula is C9H17NO2. The summed E-state index contributed by atoms with van der Waals surface area (Å²) >= 11 is 0. The average Bonchev–Trinajstić information content (AvgIpc) is 2.84. The fraction of sp³-hybridized carbons (Fsp3) is 0.889.